The van der Waals surface area contributed by atoms with Gasteiger partial charge in [-0.25, -0.2) is 32.1 Å². The largest absolute Gasteiger partial charge is 0.494 e. The first kappa shape index (κ1) is 26.3. The molecule has 0 saturated carbocycles. The first-order valence-corrected chi connectivity index (χ1v) is 15.0. The summed E-state index contributed by atoms with van der Waals surface area (Å²) in [5.74, 6) is 0.888. The third kappa shape index (κ3) is 4.42. The summed E-state index contributed by atoms with van der Waals surface area (Å²) in [5, 5.41) is 9.94. The first-order chi connectivity index (χ1) is 20.1. The number of amides is 1. The molecule has 1 amide bonds. The quantitative estimate of drug-likeness (QED) is 0.298. The van der Waals surface area contributed by atoms with Crippen LogP contribution in [0.2, 0.25) is 0 Å². The highest BCUT2D eigenvalue weighted by Gasteiger charge is 2.53. The highest BCUT2D eigenvalue weighted by molar-refractivity contribution is 7.88. The van der Waals surface area contributed by atoms with Crippen LogP contribution in [0, 0.1) is 0 Å². The summed E-state index contributed by atoms with van der Waals surface area (Å²) in [4.78, 5) is 25.9. The predicted molar refractivity (Wildman–Crippen MR) is 153 cm³/mol. The van der Waals surface area contributed by atoms with Crippen LogP contribution in [0.1, 0.15) is 5.56 Å². The summed E-state index contributed by atoms with van der Waals surface area (Å²) >= 11 is 0. The minimum absolute atomic E-state index is 0.104. The smallest absolute Gasteiger partial charge is 0.416 e. The number of sulfonamides is 1. The van der Waals surface area contributed by atoms with E-state index in [4.69, 9.17) is 19.6 Å². The van der Waals surface area contributed by atoms with Crippen molar-refractivity contribution in [2.24, 2.45) is 0 Å². The highest BCUT2D eigenvalue weighted by Crippen LogP contribution is 2.39. The molecule has 6 heterocycles. The third-order valence-electron chi connectivity index (χ3n) is 7.45. The molecule has 2 aliphatic rings. The van der Waals surface area contributed by atoms with E-state index in [1.54, 1.807) is 57.0 Å². The fourth-order valence-corrected chi connectivity index (χ4v) is 6.07. The van der Waals surface area contributed by atoms with E-state index < -0.39 is 21.7 Å². The standard InChI is InChI=1S/C27H27N9O5S/c1-33-14-27(15-33)16-34(26(37)41-27)25-19-12-29-20(18-13-30-35-8-4-7-28-24(18)35)10-22(19)36(32-25)21-6-5-17(9-23(21)40-2)11-31-42(3,38)39/h4-10,12-13,31H,11,14-16H2,1-3H3. The SMILES string of the molecule is COc1cc(CNS(C)(=O)=O)ccc1-n1nc(N2CC3(CN(C)C3)OC2=O)c2cnc(-c3cnn4cccnc34)cc21. The van der Waals surface area contributed by atoms with Gasteiger partial charge in [0.1, 0.15) is 11.4 Å². The van der Waals surface area contributed by atoms with Gasteiger partial charge in [0.05, 0.1) is 48.3 Å². The summed E-state index contributed by atoms with van der Waals surface area (Å²) in [7, 11) is 0.137. The molecule has 0 atom stereocenters. The molecular weight excluding hydrogens is 562 g/mol. The van der Waals surface area contributed by atoms with E-state index in [1.165, 1.54) is 7.11 Å². The summed E-state index contributed by atoms with van der Waals surface area (Å²) in [5.41, 5.74) is 3.41. The predicted octanol–water partition coefficient (Wildman–Crippen LogP) is 1.83. The number of likely N-dealkylation sites (N-methyl/N-ethyl adjacent to an activating group) is 1. The average Bonchev–Trinajstić information content (AvgIpc) is 3.64. The molecular formula is C27H27N9O5S. The number of nitrogens with one attached hydrogen (secondary N) is 1. The van der Waals surface area contributed by atoms with Crippen molar-refractivity contribution in [2.75, 3.05) is 44.9 Å². The average molecular weight is 590 g/mol. The van der Waals surface area contributed by atoms with Gasteiger partial charge in [0, 0.05) is 38.2 Å². The molecule has 2 fully saturated rings. The normalized spacial score (nSPS) is 16.8. The van der Waals surface area contributed by atoms with Crippen LogP contribution in [0.15, 0.2) is 55.1 Å². The molecule has 15 heteroatoms. The molecule has 1 N–H and O–H groups in total. The Hall–Kier alpha value is -4.60. The highest BCUT2D eigenvalue weighted by atomic mass is 32.2. The maximum absolute atomic E-state index is 13.1. The fraction of sp³-hybridized carbons (Fsp3) is 0.296. The van der Waals surface area contributed by atoms with Gasteiger partial charge in [0.2, 0.25) is 10.0 Å². The topological polar surface area (TPSA) is 149 Å². The number of hydrogen-bond acceptors (Lipinski definition) is 10. The zero-order valence-electron chi connectivity index (χ0n) is 23.1. The van der Waals surface area contributed by atoms with Gasteiger partial charge >= 0.3 is 6.09 Å². The van der Waals surface area contributed by atoms with Crippen molar-refractivity contribution in [2.45, 2.75) is 12.1 Å². The zero-order chi connectivity index (χ0) is 29.2. The summed E-state index contributed by atoms with van der Waals surface area (Å²) < 4.78 is 40.7. The second-order valence-electron chi connectivity index (χ2n) is 10.7. The lowest BCUT2D eigenvalue weighted by atomic mass is 9.95. The van der Waals surface area contributed by atoms with Gasteiger partial charge in [0.15, 0.2) is 17.1 Å². The number of methoxy groups -OCH3 is 1. The Balaban J connectivity index is 1.37. The molecule has 2 saturated heterocycles. The molecule has 216 valence electrons. The van der Waals surface area contributed by atoms with Crippen molar-refractivity contribution < 1.29 is 22.7 Å². The Morgan fingerprint density at radius 1 is 1.14 bits per heavy atom. The van der Waals surface area contributed by atoms with Crippen molar-refractivity contribution in [1.82, 2.24) is 39.0 Å². The van der Waals surface area contributed by atoms with Crippen LogP contribution in [-0.4, -0.2) is 94.4 Å². The number of ether oxygens (including phenoxy) is 2. The van der Waals surface area contributed by atoms with Crippen LogP contribution in [0.5, 0.6) is 5.75 Å². The van der Waals surface area contributed by atoms with Gasteiger partial charge < -0.3 is 9.47 Å². The number of likely N-dealkylation sites (tertiary alicyclic amines) is 1. The molecule has 0 bridgehead atoms. The van der Waals surface area contributed by atoms with Crippen molar-refractivity contribution in [3.8, 4) is 22.7 Å². The lowest BCUT2D eigenvalue weighted by Gasteiger charge is -2.43. The van der Waals surface area contributed by atoms with Crippen LogP contribution in [0.25, 0.3) is 33.5 Å². The summed E-state index contributed by atoms with van der Waals surface area (Å²) in [6.45, 7) is 1.77. The van der Waals surface area contributed by atoms with Gasteiger partial charge in [-0.1, -0.05) is 6.07 Å². The number of rotatable bonds is 7. The molecule has 0 unspecified atom stereocenters. The fourth-order valence-electron chi connectivity index (χ4n) is 5.64. The van der Waals surface area contributed by atoms with Crippen molar-refractivity contribution in [1.29, 1.82) is 0 Å². The molecule has 7 rings (SSSR count). The van der Waals surface area contributed by atoms with Gasteiger partial charge in [0.25, 0.3) is 0 Å². The third-order valence-corrected chi connectivity index (χ3v) is 8.12. The summed E-state index contributed by atoms with van der Waals surface area (Å²) in [6, 6.07) is 9.02. The monoisotopic (exact) mass is 589 g/mol. The number of anilines is 1. The van der Waals surface area contributed by atoms with Gasteiger partial charge in [-0.05, 0) is 36.9 Å². The molecule has 14 nitrogen and oxygen atoms in total. The molecule has 0 radical (unpaired) electrons. The second-order valence-corrected chi connectivity index (χ2v) is 12.5. The van der Waals surface area contributed by atoms with E-state index in [0.717, 1.165) is 11.8 Å². The van der Waals surface area contributed by atoms with Gasteiger partial charge in [-0.15, -0.1) is 5.10 Å². The number of aromatic nitrogens is 6. The van der Waals surface area contributed by atoms with E-state index >= 15 is 0 Å². The van der Waals surface area contributed by atoms with Crippen LogP contribution in [0.3, 0.4) is 0 Å². The maximum Gasteiger partial charge on any atom is 0.416 e. The Bertz CT molecular complexity index is 1980. The van der Waals surface area contributed by atoms with Crippen LogP contribution in [0.4, 0.5) is 10.6 Å². The molecule has 1 spiro atoms. The van der Waals surface area contributed by atoms with Gasteiger partial charge in [-0.3, -0.25) is 14.8 Å². The molecule has 4 aromatic heterocycles. The van der Waals surface area contributed by atoms with E-state index in [9.17, 15) is 13.2 Å². The number of carbonyl (C=O) groups excluding carboxylic acids is 1. The molecule has 0 aliphatic carbocycles. The van der Waals surface area contributed by atoms with Gasteiger partial charge in [-0.2, -0.15) is 5.10 Å². The number of carbonyl (C=O) groups is 1. The molecule has 42 heavy (non-hydrogen) atoms. The van der Waals surface area contributed by atoms with Crippen molar-refractivity contribution >= 4 is 38.5 Å². The number of hydrogen-bond donors (Lipinski definition) is 1. The maximum atomic E-state index is 13.1. The number of benzene rings is 1. The van der Waals surface area contributed by atoms with E-state index in [-0.39, 0.29) is 6.54 Å². The lowest BCUT2D eigenvalue weighted by molar-refractivity contribution is -0.0599. The number of pyridine rings is 1. The van der Waals surface area contributed by atoms with E-state index in [1.807, 2.05) is 19.3 Å². The summed E-state index contributed by atoms with van der Waals surface area (Å²) in [6.07, 6.45) is 7.55. The zero-order valence-corrected chi connectivity index (χ0v) is 23.9. The Labute approximate surface area is 240 Å². The molecule has 1 aromatic carbocycles. The second kappa shape index (κ2) is 9.47. The van der Waals surface area contributed by atoms with Crippen LogP contribution < -0.4 is 14.4 Å². The Morgan fingerprint density at radius 3 is 2.74 bits per heavy atom. The van der Waals surface area contributed by atoms with E-state index in [0.29, 0.717) is 64.7 Å². The minimum Gasteiger partial charge on any atom is -0.494 e. The molecule has 5 aromatic rings. The Morgan fingerprint density at radius 2 is 1.98 bits per heavy atom. The number of fused-ring (bicyclic) bond motifs is 2. The molecule has 2 aliphatic heterocycles. The van der Waals surface area contributed by atoms with E-state index in [2.05, 4.69) is 19.7 Å². The first-order valence-electron chi connectivity index (χ1n) is 13.1. The van der Waals surface area contributed by atoms with Crippen LogP contribution >= 0.6 is 0 Å². The number of nitrogens with zero attached hydrogens (tertiary/aromatic N) is 8. The lowest BCUT2D eigenvalue weighted by Crippen LogP contribution is -2.62. The van der Waals surface area contributed by atoms with Crippen molar-refractivity contribution in [3.05, 3.63) is 60.7 Å². The Kier molecular flexibility index (Phi) is 5.93. The van der Waals surface area contributed by atoms with Crippen LogP contribution in [-0.2, 0) is 21.3 Å². The minimum atomic E-state index is -3.38. The van der Waals surface area contributed by atoms with Crippen molar-refractivity contribution in [3.63, 3.8) is 0 Å².